The van der Waals surface area contributed by atoms with E-state index in [9.17, 15) is 9.18 Å². The summed E-state index contributed by atoms with van der Waals surface area (Å²) < 4.78 is 13.4. The Balaban J connectivity index is 1.82. The molecule has 0 atom stereocenters. The third-order valence-corrected chi connectivity index (χ3v) is 3.08. The van der Waals surface area contributed by atoms with Crippen molar-refractivity contribution in [2.24, 2.45) is 0 Å². The summed E-state index contributed by atoms with van der Waals surface area (Å²) in [6, 6.07) is 13.5. The number of amides is 1. The average molecular weight is 293 g/mol. The van der Waals surface area contributed by atoms with Crippen molar-refractivity contribution >= 4 is 23.2 Å². The Hall–Kier alpha value is -2.07. The van der Waals surface area contributed by atoms with Crippen molar-refractivity contribution in [3.63, 3.8) is 0 Å². The Morgan fingerprint density at radius 3 is 2.55 bits per heavy atom. The first-order chi connectivity index (χ1) is 9.66. The highest BCUT2D eigenvalue weighted by atomic mass is 35.5. The van der Waals surface area contributed by atoms with Gasteiger partial charge in [-0.05, 0) is 18.2 Å². The zero-order valence-corrected chi connectivity index (χ0v) is 11.5. The number of benzene rings is 2. The Kier molecular flexibility index (Phi) is 4.96. The molecule has 1 amide bonds. The summed E-state index contributed by atoms with van der Waals surface area (Å²) in [5.41, 5.74) is 1.15. The van der Waals surface area contributed by atoms with E-state index in [1.807, 2.05) is 12.1 Å². The van der Waals surface area contributed by atoms with Crippen molar-refractivity contribution in [3.05, 3.63) is 64.9 Å². The van der Waals surface area contributed by atoms with Gasteiger partial charge in [0.05, 0.1) is 17.3 Å². The van der Waals surface area contributed by atoms with Crippen LogP contribution in [0.2, 0.25) is 5.02 Å². The predicted octanol–water partition coefficient (Wildman–Crippen LogP) is 3.21. The first-order valence-corrected chi connectivity index (χ1v) is 6.53. The zero-order chi connectivity index (χ0) is 14.4. The first-order valence-electron chi connectivity index (χ1n) is 6.15. The lowest BCUT2D eigenvalue weighted by molar-refractivity contribution is -0.119. The third kappa shape index (κ3) is 3.96. The minimum absolute atomic E-state index is 0.0815. The highest BCUT2D eigenvalue weighted by Crippen LogP contribution is 2.19. The number of carbonyl (C=O) groups is 1. The van der Waals surface area contributed by atoms with Crippen molar-refractivity contribution in [2.45, 2.75) is 6.54 Å². The molecular weight excluding hydrogens is 279 g/mol. The second kappa shape index (κ2) is 6.91. The van der Waals surface area contributed by atoms with Crippen LogP contribution in [-0.2, 0) is 11.3 Å². The fraction of sp³-hybridized carbons (Fsp3) is 0.133. The molecule has 0 spiro atoms. The Morgan fingerprint density at radius 2 is 1.80 bits per heavy atom. The van der Waals surface area contributed by atoms with Crippen molar-refractivity contribution < 1.29 is 9.18 Å². The Bertz CT molecular complexity index is 552. The van der Waals surface area contributed by atoms with Gasteiger partial charge < -0.3 is 10.6 Å². The van der Waals surface area contributed by atoms with Gasteiger partial charge in [0.15, 0.2) is 0 Å². The normalized spacial score (nSPS) is 10.1. The zero-order valence-electron chi connectivity index (χ0n) is 10.7. The maximum Gasteiger partial charge on any atom is 0.239 e. The van der Waals surface area contributed by atoms with Crippen LogP contribution in [0.25, 0.3) is 0 Å². The second-order valence-electron chi connectivity index (χ2n) is 4.20. The van der Waals surface area contributed by atoms with Crippen molar-refractivity contribution in [2.75, 3.05) is 11.9 Å². The lowest BCUT2D eigenvalue weighted by Gasteiger charge is -2.09. The smallest absolute Gasteiger partial charge is 0.239 e. The van der Waals surface area contributed by atoms with Crippen molar-refractivity contribution in [3.8, 4) is 0 Å². The van der Waals surface area contributed by atoms with Crippen LogP contribution >= 0.6 is 11.6 Å². The van der Waals surface area contributed by atoms with E-state index in [1.165, 1.54) is 6.07 Å². The summed E-state index contributed by atoms with van der Waals surface area (Å²) in [7, 11) is 0. The summed E-state index contributed by atoms with van der Waals surface area (Å²) in [6.45, 7) is 0.244. The SMILES string of the molecule is O=C(CNc1ccccc1Cl)NCc1ccccc1F. The van der Waals surface area contributed by atoms with E-state index in [-0.39, 0.29) is 24.8 Å². The van der Waals surface area contributed by atoms with Crippen LogP contribution in [0.1, 0.15) is 5.56 Å². The largest absolute Gasteiger partial charge is 0.375 e. The number of hydrogen-bond donors (Lipinski definition) is 2. The fourth-order valence-corrected chi connectivity index (χ4v) is 1.88. The molecule has 0 aliphatic heterocycles. The van der Waals surface area contributed by atoms with Crippen LogP contribution in [-0.4, -0.2) is 12.5 Å². The third-order valence-electron chi connectivity index (χ3n) is 2.75. The van der Waals surface area contributed by atoms with Crippen LogP contribution in [0.4, 0.5) is 10.1 Å². The molecule has 2 rings (SSSR count). The molecule has 3 nitrogen and oxygen atoms in total. The van der Waals surface area contributed by atoms with Crippen LogP contribution in [0.3, 0.4) is 0 Å². The van der Waals surface area contributed by atoms with Gasteiger partial charge in [-0.25, -0.2) is 4.39 Å². The standard InChI is InChI=1S/C15H14ClFN2O/c16-12-6-2-4-8-14(12)18-10-15(20)19-9-11-5-1-3-7-13(11)17/h1-8,18H,9-10H2,(H,19,20). The topological polar surface area (TPSA) is 41.1 Å². The second-order valence-corrected chi connectivity index (χ2v) is 4.61. The van der Waals surface area contributed by atoms with Gasteiger partial charge in [-0.3, -0.25) is 4.79 Å². The molecule has 2 aromatic carbocycles. The van der Waals surface area contributed by atoms with E-state index in [2.05, 4.69) is 10.6 Å². The van der Waals surface area contributed by atoms with Gasteiger partial charge in [0.1, 0.15) is 5.82 Å². The quantitative estimate of drug-likeness (QED) is 0.888. The van der Waals surface area contributed by atoms with Gasteiger partial charge >= 0.3 is 0 Å². The highest BCUT2D eigenvalue weighted by Gasteiger charge is 2.05. The number of carbonyl (C=O) groups excluding carboxylic acids is 1. The van der Waals surface area contributed by atoms with Gasteiger partial charge in [0.2, 0.25) is 5.91 Å². The first kappa shape index (κ1) is 14.3. The molecule has 0 fully saturated rings. The molecule has 0 radical (unpaired) electrons. The summed E-state index contributed by atoms with van der Waals surface area (Å²) in [5.74, 6) is -0.556. The summed E-state index contributed by atoms with van der Waals surface area (Å²) in [5, 5.41) is 6.12. The maximum atomic E-state index is 13.4. The molecule has 20 heavy (non-hydrogen) atoms. The fourth-order valence-electron chi connectivity index (χ4n) is 1.68. The molecule has 0 aromatic heterocycles. The number of rotatable bonds is 5. The molecule has 0 aliphatic carbocycles. The van der Waals surface area contributed by atoms with Crippen molar-refractivity contribution in [1.29, 1.82) is 0 Å². The number of nitrogens with one attached hydrogen (secondary N) is 2. The molecule has 0 unspecified atom stereocenters. The molecule has 5 heteroatoms. The van der Waals surface area contributed by atoms with E-state index in [0.717, 1.165) is 0 Å². The summed E-state index contributed by atoms with van der Waals surface area (Å²) in [4.78, 5) is 11.7. The Labute approximate surface area is 121 Å². The van der Waals surface area contributed by atoms with Gasteiger partial charge in [-0.15, -0.1) is 0 Å². The van der Waals surface area contributed by atoms with Gasteiger partial charge in [0, 0.05) is 12.1 Å². The van der Waals surface area contributed by atoms with Crippen LogP contribution in [0.15, 0.2) is 48.5 Å². The average Bonchev–Trinajstić information content (AvgIpc) is 2.45. The monoisotopic (exact) mass is 292 g/mol. The Morgan fingerprint density at radius 1 is 1.10 bits per heavy atom. The number of anilines is 1. The summed E-state index contributed by atoms with van der Waals surface area (Å²) >= 11 is 5.96. The molecule has 0 saturated heterocycles. The molecule has 2 N–H and O–H groups in total. The van der Waals surface area contributed by atoms with Gasteiger partial charge in [0.25, 0.3) is 0 Å². The molecular formula is C15H14ClFN2O. The number of para-hydroxylation sites is 1. The van der Waals surface area contributed by atoms with Gasteiger partial charge in [-0.2, -0.15) is 0 Å². The van der Waals surface area contributed by atoms with Gasteiger partial charge in [-0.1, -0.05) is 41.9 Å². The molecule has 104 valence electrons. The van der Waals surface area contributed by atoms with Crippen LogP contribution in [0, 0.1) is 5.82 Å². The molecule has 0 heterocycles. The minimum atomic E-state index is -0.327. The molecule has 0 saturated carbocycles. The van der Waals surface area contributed by atoms with E-state index in [1.54, 1.807) is 30.3 Å². The van der Waals surface area contributed by atoms with Crippen LogP contribution < -0.4 is 10.6 Å². The number of halogens is 2. The van der Waals surface area contributed by atoms with Crippen molar-refractivity contribution in [1.82, 2.24) is 5.32 Å². The summed E-state index contributed by atoms with van der Waals surface area (Å²) in [6.07, 6.45) is 0. The molecule has 0 aliphatic rings. The molecule has 2 aromatic rings. The lowest BCUT2D eigenvalue weighted by atomic mass is 10.2. The minimum Gasteiger partial charge on any atom is -0.375 e. The maximum absolute atomic E-state index is 13.4. The highest BCUT2D eigenvalue weighted by molar-refractivity contribution is 6.33. The van der Waals surface area contributed by atoms with E-state index >= 15 is 0 Å². The predicted molar refractivity (Wildman–Crippen MR) is 78.2 cm³/mol. The lowest BCUT2D eigenvalue weighted by Crippen LogP contribution is -2.29. The number of hydrogen-bond acceptors (Lipinski definition) is 2. The molecule has 0 bridgehead atoms. The van der Waals surface area contributed by atoms with E-state index < -0.39 is 0 Å². The van der Waals surface area contributed by atoms with E-state index in [4.69, 9.17) is 11.6 Å². The van der Waals surface area contributed by atoms with Crippen LogP contribution in [0.5, 0.6) is 0 Å². The van der Waals surface area contributed by atoms with E-state index in [0.29, 0.717) is 16.3 Å².